The van der Waals surface area contributed by atoms with Crippen molar-refractivity contribution in [3.63, 3.8) is 0 Å². The Morgan fingerprint density at radius 2 is 1.96 bits per heavy atom. The third kappa shape index (κ3) is 5.47. The lowest BCUT2D eigenvalue weighted by Crippen LogP contribution is -2.24. The van der Waals surface area contributed by atoms with Gasteiger partial charge in [0.2, 0.25) is 0 Å². The predicted molar refractivity (Wildman–Crippen MR) is 90.7 cm³/mol. The van der Waals surface area contributed by atoms with Crippen LogP contribution in [0.4, 0.5) is 0 Å². The molecule has 0 radical (unpaired) electrons. The number of carbonyl (C=O) groups is 1. The van der Waals surface area contributed by atoms with Gasteiger partial charge in [-0.2, -0.15) is 5.10 Å². The van der Waals surface area contributed by atoms with Crippen LogP contribution in [0.1, 0.15) is 5.56 Å². The van der Waals surface area contributed by atoms with E-state index in [1.807, 2.05) is 0 Å². The summed E-state index contributed by atoms with van der Waals surface area (Å²) in [5.41, 5.74) is 3.10. The number of carbonyl (C=O) groups excluding carboxylic acids is 1. The molecule has 120 valence electrons. The highest BCUT2D eigenvalue weighted by Gasteiger charge is 2.02. The Morgan fingerprint density at radius 3 is 2.61 bits per heavy atom. The molecule has 0 saturated heterocycles. The van der Waals surface area contributed by atoms with Crippen molar-refractivity contribution in [2.24, 2.45) is 5.10 Å². The molecule has 0 bridgehead atoms. The third-order valence-electron chi connectivity index (χ3n) is 2.76. The molecule has 23 heavy (non-hydrogen) atoms. The Morgan fingerprint density at radius 1 is 1.22 bits per heavy atom. The number of rotatable bonds is 6. The number of nitrogens with zero attached hydrogens (tertiary/aromatic N) is 1. The molecular weight excluding hydrogens is 339 g/mol. The first kappa shape index (κ1) is 17.1. The van der Waals surface area contributed by atoms with Crippen LogP contribution in [0.25, 0.3) is 0 Å². The van der Waals surface area contributed by atoms with Crippen LogP contribution in [-0.2, 0) is 4.79 Å². The van der Waals surface area contributed by atoms with E-state index in [0.717, 1.165) is 5.56 Å². The molecule has 0 aliphatic heterocycles. The quantitative estimate of drug-likeness (QED) is 0.638. The lowest BCUT2D eigenvalue weighted by Gasteiger charge is -2.05. The summed E-state index contributed by atoms with van der Waals surface area (Å²) in [6.45, 7) is -0.150. The van der Waals surface area contributed by atoms with Gasteiger partial charge in [-0.05, 0) is 48.0 Å². The van der Waals surface area contributed by atoms with Gasteiger partial charge in [-0.15, -0.1) is 0 Å². The number of hydrazone groups is 1. The first-order chi connectivity index (χ1) is 11.1. The van der Waals surface area contributed by atoms with Crippen molar-refractivity contribution in [3.8, 4) is 11.5 Å². The zero-order chi connectivity index (χ0) is 16.7. The van der Waals surface area contributed by atoms with Gasteiger partial charge in [0.15, 0.2) is 6.61 Å². The molecule has 0 heterocycles. The van der Waals surface area contributed by atoms with Gasteiger partial charge in [-0.25, -0.2) is 5.43 Å². The summed E-state index contributed by atoms with van der Waals surface area (Å²) in [6, 6.07) is 11.9. The Bertz CT molecular complexity index is 703. The van der Waals surface area contributed by atoms with Crippen LogP contribution in [0.15, 0.2) is 47.6 Å². The van der Waals surface area contributed by atoms with Crippen LogP contribution in [0.2, 0.25) is 10.0 Å². The van der Waals surface area contributed by atoms with E-state index >= 15 is 0 Å². The van der Waals surface area contributed by atoms with E-state index in [1.54, 1.807) is 42.5 Å². The first-order valence-corrected chi connectivity index (χ1v) is 7.38. The van der Waals surface area contributed by atoms with E-state index in [9.17, 15) is 4.79 Å². The molecule has 0 aliphatic carbocycles. The molecule has 1 amide bonds. The standard InChI is InChI=1S/C16H14Cl2N2O3/c1-22-15-7-2-11(8-14(15)18)9-19-20-16(21)10-23-13-5-3-12(17)4-6-13/h2-9H,10H2,1H3,(H,20,21). The maximum absolute atomic E-state index is 11.6. The second-order valence-electron chi connectivity index (χ2n) is 4.43. The molecule has 0 aromatic heterocycles. The van der Waals surface area contributed by atoms with Crippen LogP contribution < -0.4 is 14.9 Å². The maximum atomic E-state index is 11.6. The van der Waals surface area contributed by atoms with Crippen LogP contribution in [0, 0.1) is 0 Å². The van der Waals surface area contributed by atoms with Crippen molar-refractivity contribution >= 4 is 35.3 Å². The minimum absolute atomic E-state index is 0.150. The van der Waals surface area contributed by atoms with Gasteiger partial charge >= 0.3 is 0 Å². The summed E-state index contributed by atoms with van der Waals surface area (Å²) in [4.78, 5) is 11.6. The Kier molecular flexibility index (Phi) is 6.26. The zero-order valence-electron chi connectivity index (χ0n) is 12.3. The minimum Gasteiger partial charge on any atom is -0.495 e. The highest BCUT2D eigenvalue weighted by molar-refractivity contribution is 6.32. The van der Waals surface area contributed by atoms with Gasteiger partial charge in [-0.3, -0.25) is 4.79 Å². The summed E-state index contributed by atoms with van der Waals surface area (Å²) in [5.74, 6) is 0.746. The minimum atomic E-state index is -0.379. The number of methoxy groups -OCH3 is 1. The first-order valence-electron chi connectivity index (χ1n) is 6.62. The summed E-state index contributed by atoms with van der Waals surface area (Å²) in [7, 11) is 1.54. The fourth-order valence-electron chi connectivity index (χ4n) is 1.65. The van der Waals surface area contributed by atoms with Gasteiger partial charge in [0.05, 0.1) is 18.3 Å². The molecule has 0 aliphatic rings. The van der Waals surface area contributed by atoms with Crippen LogP contribution in [0.5, 0.6) is 11.5 Å². The summed E-state index contributed by atoms with van der Waals surface area (Å²) in [5, 5.41) is 4.91. The Hall–Kier alpha value is -2.24. The predicted octanol–water partition coefficient (Wildman–Crippen LogP) is 3.53. The van der Waals surface area contributed by atoms with E-state index < -0.39 is 0 Å². The summed E-state index contributed by atoms with van der Waals surface area (Å²) < 4.78 is 10.3. The molecule has 2 rings (SSSR count). The van der Waals surface area contributed by atoms with Crippen LogP contribution in [-0.4, -0.2) is 25.8 Å². The van der Waals surface area contributed by atoms with Crippen molar-refractivity contribution in [2.75, 3.05) is 13.7 Å². The molecule has 7 heteroatoms. The zero-order valence-corrected chi connectivity index (χ0v) is 13.8. The molecule has 0 saturated carbocycles. The topological polar surface area (TPSA) is 59.9 Å². The number of benzene rings is 2. The van der Waals surface area contributed by atoms with Crippen molar-refractivity contribution in [1.82, 2.24) is 5.43 Å². The summed E-state index contributed by atoms with van der Waals surface area (Å²) in [6.07, 6.45) is 1.48. The van der Waals surface area contributed by atoms with E-state index in [1.165, 1.54) is 13.3 Å². The average Bonchev–Trinajstić information content (AvgIpc) is 2.54. The van der Waals surface area contributed by atoms with Crippen LogP contribution >= 0.6 is 23.2 Å². The number of hydrogen-bond acceptors (Lipinski definition) is 4. The number of ether oxygens (including phenoxy) is 2. The lowest BCUT2D eigenvalue weighted by molar-refractivity contribution is -0.123. The fourth-order valence-corrected chi connectivity index (χ4v) is 2.05. The highest BCUT2D eigenvalue weighted by Crippen LogP contribution is 2.24. The number of hydrogen-bond donors (Lipinski definition) is 1. The van der Waals surface area contributed by atoms with E-state index in [0.29, 0.717) is 21.5 Å². The SMILES string of the molecule is COc1ccc(C=NNC(=O)COc2ccc(Cl)cc2)cc1Cl. The fraction of sp³-hybridized carbons (Fsp3) is 0.125. The molecule has 0 unspecified atom stereocenters. The molecular formula is C16H14Cl2N2O3. The second-order valence-corrected chi connectivity index (χ2v) is 5.27. The maximum Gasteiger partial charge on any atom is 0.277 e. The lowest BCUT2D eigenvalue weighted by atomic mass is 10.2. The van der Waals surface area contributed by atoms with Gasteiger partial charge in [0.1, 0.15) is 11.5 Å². The number of amides is 1. The molecule has 0 spiro atoms. The number of nitrogens with one attached hydrogen (secondary N) is 1. The van der Waals surface area contributed by atoms with E-state index in [-0.39, 0.29) is 12.5 Å². The monoisotopic (exact) mass is 352 g/mol. The van der Waals surface area contributed by atoms with E-state index in [4.69, 9.17) is 32.7 Å². The van der Waals surface area contributed by atoms with Crippen molar-refractivity contribution in [3.05, 3.63) is 58.1 Å². The Labute approximate surface area is 143 Å². The van der Waals surface area contributed by atoms with Crippen LogP contribution in [0.3, 0.4) is 0 Å². The smallest absolute Gasteiger partial charge is 0.277 e. The molecule has 0 fully saturated rings. The van der Waals surface area contributed by atoms with E-state index in [2.05, 4.69) is 10.5 Å². The largest absolute Gasteiger partial charge is 0.495 e. The van der Waals surface area contributed by atoms with Crippen molar-refractivity contribution < 1.29 is 14.3 Å². The van der Waals surface area contributed by atoms with Gasteiger partial charge < -0.3 is 9.47 Å². The molecule has 2 aromatic rings. The van der Waals surface area contributed by atoms with Gasteiger partial charge in [-0.1, -0.05) is 23.2 Å². The third-order valence-corrected chi connectivity index (χ3v) is 3.31. The van der Waals surface area contributed by atoms with Crippen molar-refractivity contribution in [2.45, 2.75) is 0 Å². The second kappa shape index (κ2) is 8.41. The number of halogens is 2. The normalized spacial score (nSPS) is 10.6. The highest BCUT2D eigenvalue weighted by atomic mass is 35.5. The average molecular weight is 353 g/mol. The molecule has 0 atom stereocenters. The molecule has 2 aromatic carbocycles. The molecule has 1 N–H and O–H groups in total. The van der Waals surface area contributed by atoms with Gasteiger partial charge in [0, 0.05) is 5.02 Å². The van der Waals surface area contributed by atoms with Gasteiger partial charge in [0.25, 0.3) is 5.91 Å². The van der Waals surface area contributed by atoms with Crippen molar-refractivity contribution in [1.29, 1.82) is 0 Å². The Balaban J connectivity index is 1.81. The summed E-state index contributed by atoms with van der Waals surface area (Å²) >= 11 is 11.8. The molecule has 5 nitrogen and oxygen atoms in total.